The van der Waals surface area contributed by atoms with Gasteiger partial charge in [-0.25, -0.2) is 17.6 Å². The third-order valence-corrected chi connectivity index (χ3v) is 8.88. The molecule has 0 saturated carbocycles. The number of carbonyl (C=O) groups is 2. The van der Waals surface area contributed by atoms with Gasteiger partial charge in [0.05, 0.1) is 51.4 Å². The molecular formula is C30H27ClF7N5O5S. The Kier molecular flexibility index (Phi) is 10.00. The van der Waals surface area contributed by atoms with Crippen LogP contribution in [0.4, 0.5) is 36.4 Å². The number of hydrogen-bond acceptors (Lipinski definition) is 6. The van der Waals surface area contributed by atoms with Gasteiger partial charge in [-0.1, -0.05) is 29.8 Å². The van der Waals surface area contributed by atoms with Gasteiger partial charge in [0.1, 0.15) is 9.84 Å². The number of pyridine rings is 1. The summed E-state index contributed by atoms with van der Waals surface area (Å²) in [6.07, 6.45) is -11.2. The zero-order chi connectivity index (χ0) is 36.9. The van der Waals surface area contributed by atoms with Gasteiger partial charge in [-0.05, 0) is 49.2 Å². The van der Waals surface area contributed by atoms with Crippen molar-refractivity contribution in [2.24, 2.45) is 7.05 Å². The molecule has 0 aliphatic heterocycles. The molecule has 4 aromatic rings. The molecule has 0 aliphatic rings. The Bertz CT molecular complexity index is 2110. The number of nitrogens with zero attached hydrogens (tertiary/aromatic N) is 3. The van der Waals surface area contributed by atoms with Gasteiger partial charge in [0.25, 0.3) is 11.8 Å². The quantitative estimate of drug-likeness (QED) is 0.220. The summed E-state index contributed by atoms with van der Waals surface area (Å²) in [5.74, 6) is -1.88. The average molecular weight is 738 g/mol. The molecule has 0 aliphatic carbocycles. The summed E-state index contributed by atoms with van der Waals surface area (Å²) in [5.41, 5.74) is -8.39. The van der Waals surface area contributed by atoms with Gasteiger partial charge in [0.2, 0.25) is 0 Å². The lowest BCUT2D eigenvalue weighted by Crippen LogP contribution is -2.50. The average Bonchev–Trinajstić information content (AvgIpc) is 3.19. The van der Waals surface area contributed by atoms with Crippen molar-refractivity contribution >= 4 is 50.0 Å². The van der Waals surface area contributed by atoms with Crippen LogP contribution in [0.2, 0.25) is 5.02 Å². The second kappa shape index (κ2) is 13.1. The fourth-order valence-electron chi connectivity index (χ4n) is 5.17. The summed E-state index contributed by atoms with van der Waals surface area (Å²) in [7, 11) is -2.33. The van der Waals surface area contributed by atoms with Crippen molar-refractivity contribution in [2.75, 3.05) is 17.3 Å². The number of anilines is 1. The number of benzene rings is 2. The predicted molar refractivity (Wildman–Crippen MR) is 166 cm³/mol. The van der Waals surface area contributed by atoms with Crippen LogP contribution < -0.4 is 16.3 Å². The first-order valence-electron chi connectivity index (χ1n) is 14.0. The summed E-state index contributed by atoms with van der Waals surface area (Å²) in [4.78, 5) is 42.4. The van der Waals surface area contributed by atoms with Gasteiger partial charge in [0.15, 0.2) is 0 Å². The number of rotatable bonds is 9. The molecule has 2 N–H and O–H groups in total. The van der Waals surface area contributed by atoms with E-state index in [9.17, 15) is 53.5 Å². The van der Waals surface area contributed by atoms with Crippen LogP contribution >= 0.6 is 11.6 Å². The van der Waals surface area contributed by atoms with E-state index in [4.69, 9.17) is 11.6 Å². The van der Waals surface area contributed by atoms with Crippen LogP contribution in [0.25, 0.3) is 11.0 Å². The standard InChI is InChI=1S/C30H27ClF7N5O5S/c1-15-10-17(13-43-22-12-39-23(11-21(22)42(3)27(43)46)28(32,29(33,34)35)30(36,37)38)8-9-20(15)41-25(44)18-6-5-7-19(31)24(18)26(45)40-16(2)14-49(4,47)48/h5-12,16H,13-14H2,1-4H3,(H,40,45)(H,41,44)/t16-/m0/s1. The highest BCUT2D eigenvalue weighted by atomic mass is 35.5. The molecule has 0 spiro atoms. The minimum atomic E-state index is -6.39. The molecule has 0 unspecified atom stereocenters. The van der Waals surface area contributed by atoms with Crippen molar-refractivity contribution in [3.05, 3.63) is 92.1 Å². The molecule has 2 aromatic carbocycles. The fourth-order valence-corrected chi connectivity index (χ4v) is 6.42. The van der Waals surface area contributed by atoms with Gasteiger partial charge in [-0.15, -0.1) is 0 Å². The van der Waals surface area contributed by atoms with Crippen LogP contribution in [0.3, 0.4) is 0 Å². The summed E-state index contributed by atoms with van der Waals surface area (Å²) < 4.78 is 119. The summed E-state index contributed by atoms with van der Waals surface area (Å²) in [5, 5.41) is 5.08. The lowest BCUT2D eigenvalue weighted by molar-refractivity contribution is -0.349. The molecule has 0 fully saturated rings. The Balaban J connectivity index is 1.61. The van der Waals surface area contributed by atoms with Crippen molar-refractivity contribution in [1.29, 1.82) is 0 Å². The van der Waals surface area contributed by atoms with E-state index < -0.39 is 62.6 Å². The Morgan fingerprint density at radius 1 is 0.980 bits per heavy atom. The summed E-state index contributed by atoms with van der Waals surface area (Å²) in [6.45, 7) is 2.82. The second-order valence-electron chi connectivity index (χ2n) is 11.4. The van der Waals surface area contributed by atoms with Crippen LogP contribution in [0.1, 0.15) is 44.5 Å². The first-order chi connectivity index (χ1) is 22.5. The molecule has 0 bridgehead atoms. The molecule has 49 heavy (non-hydrogen) atoms. The molecule has 19 heteroatoms. The number of imidazole rings is 1. The van der Waals surface area contributed by atoms with Crippen LogP contribution in [-0.4, -0.2) is 64.8 Å². The van der Waals surface area contributed by atoms with Crippen molar-refractivity contribution in [3.8, 4) is 0 Å². The van der Waals surface area contributed by atoms with Gasteiger partial charge >= 0.3 is 23.7 Å². The number of aromatic nitrogens is 3. The van der Waals surface area contributed by atoms with E-state index in [0.717, 1.165) is 22.4 Å². The molecule has 0 radical (unpaired) electrons. The molecule has 4 rings (SSSR count). The minimum absolute atomic E-state index is 0.0695. The molecule has 264 valence electrons. The van der Waals surface area contributed by atoms with Gasteiger partial charge in [0, 0.05) is 25.0 Å². The number of sulfone groups is 1. The molecule has 2 amide bonds. The maximum atomic E-state index is 14.6. The van der Waals surface area contributed by atoms with Crippen molar-refractivity contribution < 1.29 is 48.7 Å². The Hall–Kier alpha value is -4.45. The maximum Gasteiger partial charge on any atom is 0.437 e. The largest absolute Gasteiger partial charge is 0.437 e. The fraction of sp³-hybridized carbons (Fsp3) is 0.333. The third-order valence-electron chi connectivity index (χ3n) is 7.46. The van der Waals surface area contributed by atoms with E-state index >= 15 is 0 Å². The molecule has 0 saturated heterocycles. The van der Waals surface area contributed by atoms with Crippen LogP contribution in [0.5, 0.6) is 0 Å². The van der Waals surface area contributed by atoms with E-state index in [2.05, 4.69) is 15.6 Å². The predicted octanol–water partition coefficient (Wildman–Crippen LogP) is 5.45. The number of amides is 2. The van der Waals surface area contributed by atoms with E-state index in [1.807, 2.05) is 0 Å². The first-order valence-corrected chi connectivity index (χ1v) is 16.5. The lowest BCUT2D eigenvalue weighted by atomic mass is 9.99. The van der Waals surface area contributed by atoms with Gasteiger partial charge in [-0.3, -0.25) is 23.7 Å². The van der Waals surface area contributed by atoms with Crippen LogP contribution in [0, 0.1) is 6.92 Å². The Labute approximate surface area is 278 Å². The molecule has 10 nitrogen and oxygen atoms in total. The number of nitrogens with one attached hydrogen (secondary N) is 2. The summed E-state index contributed by atoms with van der Waals surface area (Å²) >= 11 is 6.23. The zero-order valence-electron chi connectivity index (χ0n) is 25.9. The van der Waals surface area contributed by atoms with E-state index in [0.29, 0.717) is 17.3 Å². The van der Waals surface area contributed by atoms with Crippen molar-refractivity contribution in [2.45, 2.75) is 44.5 Å². The Morgan fingerprint density at radius 3 is 2.18 bits per heavy atom. The van der Waals surface area contributed by atoms with E-state index in [-0.39, 0.29) is 45.7 Å². The lowest BCUT2D eigenvalue weighted by Gasteiger charge is -2.29. The monoisotopic (exact) mass is 737 g/mol. The number of aryl methyl sites for hydroxylation is 2. The van der Waals surface area contributed by atoms with Crippen LogP contribution in [-0.2, 0) is 29.1 Å². The van der Waals surface area contributed by atoms with Crippen molar-refractivity contribution in [3.63, 3.8) is 0 Å². The number of carbonyl (C=O) groups excluding carboxylic acids is 2. The molecule has 1 atom stereocenters. The van der Waals surface area contributed by atoms with E-state index in [1.54, 1.807) is 13.0 Å². The minimum Gasteiger partial charge on any atom is -0.348 e. The van der Waals surface area contributed by atoms with Crippen LogP contribution in [0.15, 0.2) is 53.5 Å². The number of fused-ring (bicyclic) bond motifs is 1. The van der Waals surface area contributed by atoms with Gasteiger partial charge < -0.3 is 10.6 Å². The summed E-state index contributed by atoms with van der Waals surface area (Å²) in [6, 6.07) is 8.06. The third kappa shape index (κ3) is 7.44. The first kappa shape index (κ1) is 37.4. The normalized spacial score (nSPS) is 13.4. The zero-order valence-corrected chi connectivity index (χ0v) is 27.5. The number of alkyl halides is 7. The number of halogens is 8. The highest BCUT2D eigenvalue weighted by molar-refractivity contribution is 7.90. The SMILES string of the molecule is Cc1cc(Cn2c(=O)n(C)c3cc(C(F)(C(F)(F)F)C(F)(F)F)ncc32)ccc1NC(=O)c1cccc(Cl)c1C(=O)N[C@@H](C)CS(C)(=O)=O. The molecule has 2 aromatic heterocycles. The number of hydrogen-bond donors (Lipinski definition) is 2. The van der Waals surface area contributed by atoms with E-state index in [1.165, 1.54) is 37.3 Å². The maximum absolute atomic E-state index is 14.6. The highest BCUT2D eigenvalue weighted by Crippen LogP contribution is 2.52. The van der Waals surface area contributed by atoms with Gasteiger partial charge in [-0.2, -0.15) is 26.3 Å². The van der Waals surface area contributed by atoms with Crippen molar-refractivity contribution in [1.82, 2.24) is 19.4 Å². The molecular weight excluding hydrogens is 711 g/mol. The smallest absolute Gasteiger partial charge is 0.348 e. The topological polar surface area (TPSA) is 132 Å². The molecule has 2 heterocycles. The highest BCUT2D eigenvalue weighted by Gasteiger charge is 2.74. The second-order valence-corrected chi connectivity index (χ2v) is 14.0. The Morgan fingerprint density at radius 2 is 1.61 bits per heavy atom.